The molecule has 0 spiro atoms. The van der Waals surface area contributed by atoms with E-state index < -0.39 is 17.3 Å². The number of carbonyl (C=O) groups is 3. The average molecular weight is 395 g/mol. The molecule has 1 fully saturated rings. The van der Waals surface area contributed by atoms with Crippen molar-refractivity contribution in [3.05, 3.63) is 95.1 Å². The first-order chi connectivity index (χ1) is 14.6. The Hall–Kier alpha value is -3.73. The number of rotatable bonds is 2. The third-order valence-electron chi connectivity index (χ3n) is 6.98. The Labute approximate surface area is 172 Å². The summed E-state index contributed by atoms with van der Waals surface area (Å²) in [4.78, 5) is 41.3. The maximum Gasteiger partial charge on any atom is 0.239 e. The van der Waals surface area contributed by atoms with Gasteiger partial charge in [0.05, 0.1) is 22.9 Å². The monoisotopic (exact) mass is 395 g/mol. The molecule has 5 heteroatoms. The quantitative estimate of drug-likeness (QED) is 0.534. The van der Waals surface area contributed by atoms with Crippen molar-refractivity contribution in [2.45, 2.75) is 11.3 Å². The Morgan fingerprint density at radius 3 is 1.93 bits per heavy atom. The highest BCUT2D eigenvalue weighted by Gasteiger charge is 2.68. The molecule has 3 aliphatic carbocycles. The largest absolute Gasteiger partial charge is 0.508 e. The average Bonchev–Trinajstić information content (AvgIpc) is 3.05. The van der Waals surface area contributed by atoms with Crippen LogP contribution in [0.4, 0.5) is 5.69 Å². The van der Waals surface area contributed by atoms with Crippen molar-refractivity contribution < 1.29 is 19.5 Å². The number of anilines is 1. The van der Waals surface area contributed by atoms with E-state index in [1.54, 1.807) is 12.1 Å². The summed E-state index contributed by atoms with van der Waals surface area (Å²) in [6.45, 7) is 0. The van der Waals surface area contributed by atoms with Gasteiger partial charge in [-0.2, -0.15) is 0 Å². The van der Waals surface area contributed by atoms with E-state index in [1.807, 2.05) is 48.5 Å². The molecule has 1 N–H and O–H groups in total. The summed E-state index contributed by atoms with van der Waals surface area (Å²) >= 11 is 0. The summed E-state index contributed by atoms with van der Waals surface area (Å²) in [5.74, 6) is -2.30. The van der Waals surface area contributed by atoms with E-state index in [0.717, 1.165) is 28.5 Å². The number of aldehydes is 1. The predicted octanol–water partition coefficient (Wildman–Crippen LogP) is 3.14. The Morgan fingerprint density at radius 1 is 0.800 bits per heavy atom. The van der Waals surface area contributed by atoms with Crippen LogP contribution < -0.4 is 4.90 Å². The van der Waals surface area contributed by atoms with Gasteiger partial charge < -0.3 is 9.90 Å². The first-order valence-corrected chi connectivity index (χ1v) is 9.91. The van der Waals surface area contributed by atoms with Gasteiger partial charge in [0.15, 0.2) is 0 Å². The minimum atomic E-state index is -1.19. The molecule has 146 valence electrons. The zero-order valence-corrected chi connectivity index (χ0v) is 15.9. The lowest BCUT2D eigenvalue weighted by atomic mass is 9.48. The minimum Gasteiger partial charge on any atom is -0.508 e. The number of amides is 2. The van der Waals surface area contributed by atoms with Crippen LogP contribution >= 0.6 is 0 Å². The molecule has 1 aliphatic heterocycles. The van der Waals surface area contributed by atoms with Gasteiger partial charge in [-0.3, -0.25) is 9.59 Å². The van der Waals surface area contributed by atoms with Crippen molar-refractivity contribution in [2.24, 2.45) is 11.8 Å². The topological polar surface area (TPSA) is 74.7 Å². The highest BCUT2D eigenvalue weighted by molar-refractivity contribution is 6.24. The summed E-state index contributed by atoms with van der Waals surface area (Å²) in [5.41, 5.74) is 2.74. The molecule has 30 heavy (non-hydrogen) atoms. The number of benzene rings is 3. The molecule has 2 bridgehead atoms. The Balaban J connectivity index is 1.64. The number of carbonyl (C=O) groups excluding carboxylic acids is 3. The lowest BCUT2D eigenvalue weighted by Gasteiger charge is -2.51. The summed E-state index contributed by atoms with van der Waals surface area (Å²) < 4.78 is 0. The molecule has 2 atom stereocenters. The van der Waals surface area contributed by atoms with Gasteiger partial charge in [-0.15, -0.1) is 0 Å². The number of hydrogen-bond acceptors (Lipinski definition) is 4. The maximum absolute atomic E-state index is 13.7. The van der Waals surface area contributed by atoms with Crippen molar-refractivity contribution in [1.29, 1.82) is 0 Å². The van der Waals surface area contributed by atoms with E-state index in [4.69, 9.17) is 0 Å². The van der Waals surface area contributed by atoms with Gasteiger partial charge in [0.25, 0.3) is 0 Å². The molecular weight excluding hydrogens is 378 g/mol. The normalized spacial score (nSPS) is 28.1. The predicted molar refractivity (Wildman–Crippen MR) is 109 cm³/mol. The van der Waals surface area contributed by atoms with Crippen molar-refractivity contribution >= 4 is 23.8 Å². The third kappa shape index (κ3) is 1.81. The number of imide groups is 1. The summed E-state index contributed by atoms with van der Waals surface area (Å²) in [7, 11) is 0. The van der Waals surface area contributed by atoms with Gasteiger partial charge in [-0.1, -0.05) is 48.5 Å². The zero-order valence-electron chi connectivity index (χ0n) is 15.9. The molecule has 0 radical (unpaired) electrons. The lowest BCUT2D eigenvalue weighted by Crippen LogP contribution is -2.54. The second-order valence-electron chi connectivity index (χ2n) is 8.17. The van der Waals surface area contributed by atoms with Crippen LogP contribution in [-0.4, -0.2) is 23.2 Å². The van der Waals surface area contributed by atoms with Crippen molar-refractivity contribution in [2.75, 3.05) is 4.90 Å². The Morgan fingerprint density at radius 2 is 1.37 bits per heavy atom. The van der Waals surface area contributed by atoms with E-state index in [1.165, 1.54) is 17.0 Å². The molecule has 7 rings (SSSR count). The number of phenolic OH excluding ortho intramolecular Hbond substituents is 1. The standard InChI is InChI=1S/C25H17NO4/c27-13-25-18-7-3-1-5-16(18)20(17-6-2-4-8-19(17)25)21-22(25)24(30)26(23(21)29)14-9-11-15(28)12-10-14/h1-13,20-22,28H. The van der Waals surface area contributed by atoms with Crippen LogP contribution in [-0.2, 0) is 19.8 Å². The van der Waals surface area contributed by atoms with Gasteiger partial charge >= 0.3 is 0 Å². The van der Waals surface area contributed by atoms with Crippen LogP contribution in [0.3, 0.4) is 0 Å². The third-order valence-corrected chi connectivity index (χ3v) is 6.98. The van der Waals surface area contributed by atoms with Crippen molar-refractivity contribution in [3.8, 4) is 5.75 Å². The van der Waals surface area contributed by atoms with Crippen LogP contribution in [0.25, 0.3) is 0 Å². The fourth-order valence-corrected chi connectivity index (χ4v) is 5.89. The zero-order chi connectivity index (χ0) is 20.6. The molecule has 1 saturated heterocycles. The first kappa shape index (κ1) is 17.2. The van der Waals surface area contributed by atoms with Crippen molar-refractivity contribution in [3.63, 3.8) is 0 Å². The van der Waals surface area contributed by atoms with Crippen LogP contribution in [0.15, 0.2) is 72.8 Å². The minimum absolute atomic E-state index is 0.0551. The fraction of sp³-hybridized carbons (Fsp3) is 0.160. The molecule has 3 aromatic carbocycles. The van der Waals surface area contributed by atoms with E-state index in [0.29, 0.717) is 5.69 Å². The number of nitrogens with zero attached hydrogens (tertiary/aromatic N) is 1. The second kappa shape index (κ2) is 5.66. The fourth-order valence-electron chi connectivity index (χ4n) is 5.89. The van der Waals surface area contributed by atoms with Gasteiger partial charge in [0.1, 0.15) is 12.0 Å². The van der Waals surface area contributed by atoms with Gasteiger partial charge in [-0.25, -0.2) is 4.90 Å². The summed E-state index contributed by atoms with van der Waals surface area (Å²) in [5, 5.41) is 9.61. The van der Waals surface area contributed by atoms with Crippen LogP contribution in [0, 0.1) is 11.8 Å². The number of phenols is 1. The van der Waals surface area contributed by atoms with Gasteiger partial charge in [0, 0.05) is 5.92 Å². The van der Waals surface area contributed by atoms with Gasteiger partial charge in [-0.05, 0) is 46.5 Å². The molecule has 5 nitrogen and oxygen atoms in total. The van der Waals surface area contributed by atoms with E-state index in [2.05, 4.69) is 0 Å². The smallest absolute Gasteiger partial charge is 0.239 e. The van der Waals surface area contributed by atoms with Gasteiger partial charge in [0.2, 0.25) is 11.8 Å². The van der Waals surface area contributed by atoms with E-state index >= 15 is 0 Å². The van der Waals surface area contributed by atoms with Crippen LogP contribution in [0.2, 0.25) is 0 Å². The second-order valence-corrected chi connectivity index (χ2v) is 8.17. The molecule has 0 aromatic heterocycles. The maximum atomic E-state index is 13.7. The molecule has 2 amide bonds. The Bertz CT molecular complexity index is 1200. The molecule has 0 saturated carbocycles. The molecular formula is C25H17NO4. The first-order valence-electron chi connectivity index (χ1n) is 9.91. The molecule has 3 aromatic rings. The molecule has 2 unspecified atom stereocenters. The Kier molecular flexibility index (Phi) is 3.24. The summed E-state index contributed by atoms with van der Waals surface area (Å²) in [6, 6.07) is 21.3. The van der Waals surface area contributed by atoms with E-state index in [-0.39, 0.29) is 23.5 Å². The van der Waals surface area contributed by atoms with Crippen LogP contribution in [0.1, 0.15) is 28.2 Å². The number of hydrogen-bond donors (Lipinski definition) is 1. The lowest BCUT2D eigenvalue weighted by molar-refractivity contribution is -0.128. The summed E-state index contributed by atoms with van der Waals surface area (Å²) in [6.07, 6.45) is 0.864. The molecule has 4 aliphatic rings. The van der Waals surface area contributed by atoms with E-state index in [9.17, 15) is 19.5 Å². The highest BCUT2D eigenvalue weighted by atomic mass is 16.3. The number of aromatic hydroxyl groups is 1. The van der Waals surface area contributed by atoms with Crippen LogP contribution in [0.5, 0.6) is 5.75 Å². The molecule has 1 heterocycles. The van der Waals surface area contributed by atoms with Crippen molar-refractivity contribution in [1.82, 2.24) is 0 Å². The highest BCUT2D eigenvalue weighted by Crippen LogP contribution is 2.63. The SMILES string of the molecule is O=CC12c3ccccc3C(c3ccccc31)C1C(=O)N(c3ccc(O)cc3)C(=O)C12.